The monoisotopic (exact) mass is 342 g/mol. The standard InChI is InChI=1S/C17H18N4O2S/c1-11-14(24-10-19-11)6-7-16(22)18-9-8-15-20-13-5-3-2-4-12(13)17(23)21-15/h2-5,10H,6-9H2,1H3,(H,18,22)(H,20,21,23). The summed E-state index contributed by atoms with van der Waals surface area (Å²) in [5.74, 6) is 0.572. The predicted molar refractivity (Wildman–Crippen MR) is 94.2 cm³/mol. The molecule has 1 aromatic carbocycles. The van der Waals surface area contributed by atoms with Gasteiger partial charge in [0.1, 0.15) is 5.82 Å². The fourth-order valence-electron chi connectivity index (χ4n) is 2.46. The van der Waals surface area contributed by atoms with Crippen LogP contribution >= 0.6 is 11.3 Å². The van der Waals surface area contributed by atoms with Crippen LogP contribution in [0, 0.1) is 6.92 Å². The average Bonchev–Trinajstić information content (AvgIpc) is 2.98. The van der Waals surface area contributed by atoms with Crippen molar-refractivity contribution in [1.29, 1.82) is 0 Å². The van der Waals surface area contributed by atoms with Crippen LogP contribution in [-0.4, -0.2) is 27.4 Å². The van der Waals surface area contributed by atoms with Crippen molar-refractivity contribution >= 4 is 28.1 Å². The van der Waals surface area contributed by atoms with E-state index in [0.717, 1.165) is 10.6 Å². The molecule has 0 unspecified atom stereocenters. The van der Waals surface area contributed by atoms with Crippen LogP contribution in [0.1, 0.15) is 22.8 Å². The minimum atomic E-state index is -0.150. The lowest BCUT2D eigenvalue weighted by Gasteiger charge is -2.05. The first kappa shape index (κ1) is 16.3. The zero-order chi connectivity index (χ0) is 16.9. The molecule has 3 aromatic rings. The second-order valence-corrected chi connectivity index (χ2v) is 6.43. The van der Waals surface area contributed by atoms with Gasteiger partial charge in [-0.1, -0.05) is 12.1 Å². The van der Waals surface area contributed by atoms with E-state index in [0.29, 0.717) is 42.5 Å². The Morgan fingerprint density at radius 3 is 2.92 bits per heavy atom. The Hall–Kier alpha value is -2.54. The number of aryl methyl sites for hydroxylation is 2. The van der Waals surface area contributed by atoms with Crippen LogP contribution in [0.25, 0.3) is 10.9 Å². The molecule has 2 N–H and O–H groups in total. The number of carbonyl (C=O) groups excluding carboxylic acids is 1. The Balaban J connectivity index is 1.52. The molecule has 3 rings (SSSR count). The third kappa shape index (κ3) is 3.86. The van der Waals surface area contributed by atoms with Gasteiger partial charge < -0.3 is 10.3 Å². The third-order valence-electron chi connectivity index (χ3n) is 3.77. The maximum absolute atomic E-state index is 12.0. The van der Waals surface area contributed by atoms with Crippen molar-refractivity contribution in [2.24, 2.45) is 0 Å². The number of H-pyrrole nitrogens is 1. The number of carbonyl (C=O) groups is 1. The van der Waals surface area contributed by atoms with Crippen LogP contribution in [0.2, 0.25) is 0 Å². The smallest absolute Gasteiger partial charge is 0.258 e. The molecule has 7 heteroatoms. The number of aromatic amines is 1. The summed E-state index contributed by atoms with van der Waals surface area (Å²) in [5, 5.41) is 3.44. The lowest BCUT2D eigenvalue weighted by Crippen LogP contribution is -2.27. The summed E-state index contributed by atoms with van der Waals surface area (Å²) in [6.45, 7) is 2.40. The van der Waals surface area contributed by atoms with Crippen molar-refractivity contribution in [2.45, 2.75) is 26.2 Å². The number of rotatable bonds is 6. The van der Waals surface area contributed by atoms with Gasteiger partial charge in [0.05, 0.1) is 22.1 Å². The van der Waals surface area contributed by atoms with Crippen molar-refractivity contribution in [3.05, 3.63) is 56.5 Å². The number of aromatic nitrogens is 3. The lowest BCUT2D eigenvalue weighted by molar-refractivity contribution is -0.121. The molecule has 2 heterocycles. The molecule has 0 radical (unpaired) electrons. The SMILES string of the molecule is Cc1ncsc1CCC(=O)NCCc1nc2ccccc2c(=O)[nH]1. The van der Waals surface area contributed by atoms with E-state index >= 15 is 0 Å². The second-order valence-electron chi connectivity index (χ2n) is 5.49. The van der Waals surface area contributed by atoms with E-state index in [1.807, 2.05) is 25.1 Å². The van der Waals surface area contributed by atoms with Crippen LogP contribution in [0.3, 0.4) is 0 Å². The quantitative estimate of drug-likeness (QED) is 0.717. The van der Waals surface area contributed by atoms with Crippen molar-refractivity contribution < 1.29 is 4.79 Å². The Kier molecular flexibility index (Phi) is 5.00. The van der Waals surface area contributed by atoms with Crippen LogP contribution in [0.15, 0.2) is 34.6 Å². The topological polar surface area (TPSA) is 87.7 Å². The summed E-state index contributed by atoms with van der Waals surface area (Å²) in [6.07, 6.45) is 1.63. The van der Waals surface area contributed by atoms with Crippen molar-refractivity contribution in [3.8, 4) is 0 Å². The van der Waals surface area contributed by atoms with E-state index in [9.17, 15) is 9.59 Å². The molecule has 0 aliphatic heterocycles. The summed E-state index contributed by atoms with van der Waals surface area (Å²) in [6, 6.07) is 7.21. The number of hydrogen-bond donors (Lipinski definition) is 2. The molecule has 0 fully saturated rings. The number of fused-ring (bicyclic) bond motifs is 1. The summed E-state index contributed by atoms with van der Waals surface area (Å²) >= 11 is 1.57. The number of para-hydroxylation sites is 1. The van der Waals surface area contributed by atoms with E-state index < -0.39 is 0 Å². The van der Waals surface area contributed by atoms with Gasteiger partial charge in [0.25, 0.3) is 5.56 Å². The minimum absolute atomic E-state index is 0.00839. The van der Waals surface area contributed by atoms with Crippen LogP contribution in [0.4, 0.5) is 0 Å². The average molecular weight is 342 g/mol. The summed E-state index contributed by atoms with van der Waals surface area (Å²) in [4.78, 5) is 36.4. The Labute approximate surface area is 143 Å². The molecule has 0 saturated carbocycles. The molecule has 0 saturated heterocycles. The molecule has 2 aromatic heterocycles. The van der Waals surface area contributed by atoms with E-state index in [2.05, 4.69) is 20.3 Å². The highest BCUT2D eigenvalue weighted by molar-refractivity contribution is 7.09. The molecule has 0 aliphatic carbocycles. The van der Waals surface area contributed by atoms with Gasteiger partial charge in [-0.3, -0.25) is 9.59 Å². The minimum Gasteiger partial charge on any atom is -0.356 e. The zero-order valence-electron chi connectivity index (χ0n) is 13.3. The normalized spacial score (nSPS) is 10.9. The first-order valence-electron chi connectivity index (χ1n) is 7.77. The molecule has 6 nitrogen and oxygen atoms in total. The van der Waals surface area contributed by atoms with Crippen molar-refractivity contribution in [3.63, 3.8) is 0 Å². The van der Waals surface area contributed by atoms with Gasteiger partial charge in [-0.2, -0.15) is 0 Å². The van der Waals surface area contributed by atoms with E-state index in [4.69, 9.17) is 0 Å². The molecule has 24 heavy (non-hydrogen) atoms. The molecule has 0 aliphatic rings. The van der Waals surface area contributed by atoms with Gasteiger partial charge in [-0.25, -0.2) is 9.97 Å². The second kappa shape index (κ2) is 7.35. The number of nitrogens with zero attached hydrogens (tertiary/aromatic N) is 2. The first-order chi connectivity index (χ1) is 11.6. The van der Waals surface area contributed by atoms with Gasteiger partial charge in [-0.15, -0.1) is 11.3 Å². The number of benzene rings is 1. The predicted octanol–water partition coefficient (Wildman–Crippen LogP) is 1.98. The fourth-order valence-corrected chi connectivity index (χ4v) is 3.24. The van der Waals surface area contributed by atoms with Gasteiger partial charge in [-0.05, 0) is 25.5 Å². The fraction of sp³-hybridized carbons (Fsp3) is 0.294. The van der Waals surface area contributed by atoms with Gasteiger partial charge in [0.15, 0.2) is 0 Å². The van der Waals surface area contributed by atoms with Crippen LogP contribution < -0.4 is 10.9 Å². The maximum atomic E-state index is 12.0. The van der Waals surface area contributed by atoms with E-state index in [1.165, 1.54) is 0 Å². The highest BCUT2D eigenvalue weighted by atomic mass is 32.1. The van der Waals surface area contributed by atoms with E-state index in [1.54, 1.807) is 22.9 Å². The Morgan fingerprint density at radius 2 is 2.12 bits per heavy atom. The molecule has 1 amide bonds. The molecule has 0 atom stereocenters. The number of amides is 1. The largest absolute Gasteiger partial charge is 0.356 e. The van der Waals surface area contributed by atoms with Gasteiger partial charge in [0, 0.05) is 24.3 Å². The van der Waals surface area contributed by atoms with Crippen LogP contribution in [0.5, 0.6) is 0 Å². The highest BCUT2D eigenvalue weighted by Gasteiger charge is 2.07. The number of nitrogens with one attached hydrogen (secondary N) is 2. The summed E-state index contributed by atoms with van der Waals surface area (Å²) in [7, 11) is 0. The Morgan fingerprint density at radius 1 is 1.29 bits per heavy atom. The van der Waals surface area contributed by atoms with Gasteiger partial charge in [0.2, 0.25) is 5.91 Å². The van der Waals surface area contributed by atoms with Crippen LogP contribution in [-0.2, 0) is 17.6 Å². The molecular formula is C17H18N4O2S. The number of thiazole rings is 1. The zero-order valence-corrected chi connectivity index (χ0v) is 14.2. The summed E-state index contributed by atoms with van der Waals surface area (Å²) < 4.78 is 0. The Bertz CT molecular complexity index is 916. The highest BCUT2D eigenvalue weighted by Crippen LogP contribution is 2.14. The van der Waals surface area contributed by atoms with E-state index in [-0.39, 0.29) is 11.5 Å². The first-order valence-corrected chi connectivity index (χ1v) is 8.65. The van der Waals surface area contributed by atoms with Crippen molar-refractivity contribution in [2.75, 3.05) is 6.54 Å². The van der Waals surface area contributed by atoms with Gasteiger partial charge >= 0.3 is 0 Å². The molecular weight excluding hydrogens is 324 g/mol. The lowest BCUT2D eigenvalue weighted by atomic mass is 10.2. The summed E-state index contributed by atoms with van der Waals surface area (Å²) in [5.41, 5.74) is 3.31. The third-order valence-corrected chi connectivity index (χ3v) is 4.76. The maximum Gasteiger partial charge on any atom is 0.258 e. The molecule has 0 spiro atoms. The van der Waals surface area contributed by atoms with Crippen molar-refractivity contribution in [1.82, 2.24) is 20.3 Å². The number of hydrogen-bond acceptors (Lipinski definition) is 5. The molecule has 124 valence electrons. The molecule has 0 bridgehead atoms.